The van der Waals surface area contributed by atoms with E-state index in [1.54, 1.807) is 37.3 Å². The van der Waals surface area contributed by atoms with E-state index in [2.05, 4.69) is 10.6 Å². The summed E-state index contributed by atoms with van der Waals surface area (Å²) >= 11 is 6.14. The first-order valence-corrected chi connectivity index (χ1v) is 11.0. The zero-order valence-corrected chi connectivity index (χ0v) is 19.6. The van der Waals surface area contributed by atoms with Crippen molar-refractivity contribution < 1.29 is 28.3 Å². The number of hydrogen-bond donors (Lipinski definition) is 2. The summed E-state index contributed by atoms with van der Waals surface area (Å²) in [7, 11) is 0. The third-order valence-electron chi connectivity index (χ3n) is 5.18. The number of halogens is 2. The van der Waals surface area contributed by atoms with Gasteiger partial charge in [0, 0.05) is 10.7 Å². The first-order valence-electron chi connectivity index (χ1n) is 10.7. The Labute approximate surface area is 210 Å². The minimum atomic E-state index is -0.883. The number of ether oxygens (including phenoxy) is 1. The van der Waals surface area contributed by atoms with Crippen molar-refractivity contribution in [1.82, 2.24) is 5.32 Å². The highest BCUT2D eigenvalue weighted by Crippen LogP contribution is 2.27. The monoisotopic (exact) mass is 507 g/mol. The second kappa shape index (κ2) is 10.4. The molecule has 1 fully saturated rings. The largest absolute Gasteiger partial charge is 0.484 e. The zero-order chi connectivity index (χ0) is 25.8. The summed E-state index contributed by atoms with van der Waals surface area (Å²) in [5.74, 6) is -2.23. The minimum absolute atomic E-state index is 0.218. The molecule has 0 aromatic heterocycles. The van der Waals surface area contributed by atoms with E-state index in [-0.39, 0.29) is 17.9 Å². The molecule has 0 unspecified atom stereocenters. The maximum absolute atomic E-state index is 13.1. The number of urea groups is 1. The molecule has 0 saturated carbocycles. The number of barbiturate groups is 1. The SMILES string of the molecule is Cc1ccc(N2C(=O)NC(=O)/C(=C\c3cccc(OCC(=O)Nc4ccc(F)cc4)c3)C2=O)cc1Cl. The van der Waals surface area contributed by atoms with Crippen molar-refractivity contribution in [3.05, 3.63) is 94.3 Å². The molecule has 0 aliphatic carbocycles. The van der Waals surface area contributed by atoms with Crippen LogP contribution in [-0.4, -0.2) is 30.4 Å². The number of aryl methyl sites for hydroxylation is 1. The van der Waals surface area contributed by atoms with Crippen LogP contribution in [0.15, 0.2) is 72.3 Å². The van der Waals surface area contributed by atoms with Crippen molar-refractivity contribution in [2.75, 3.05) is 16.8 Å². The van der Waals surface area contributed by atoms with E-state index < -0.39 is 29.6 Å². The molecule has 1 aliphatic heterocycles. The molecule has 36 heavy (non-hydrogen) atoms. The van der Waals surface area contributed by atoms with Gasteiger partial charge < -0.3 is 10.1 Å². The van der Waals surface area contributed by atoms with E-state index in [9.17, 15) is 23.6 Å². The molecule has 10 heteroatoms. The summed E-state index contributed by atoms with van der Waals surface area (Å²) in [4.78, 5) is 50.8. The lowest BCUT2D eigenvalue weighted by Crippen LogP contribution is -2.54. The molecule has 0 radical (unpaired) electrons. The quantitative estimate of drug-likeness (QED) is 0.378. The van der Waals surface area contributed by atoms with Crippen LogP contribution in [0.1, 0.15) is 11.1 Å². The highest BCUT2D eigenvalue weighted by atomic mass is 35.5. The summed E-state index contributed by atoms with van der Waals surface area (Å²) < 4.78 is 18.5. The molecule has 5 amide bonds. The molecule has 8 nitrogen and oxygen atoms in total. The average Bonchev–Trinajstić information content (AvgIpc) is 2.84. The number of rotatable bonds is 6. The number of hydrogen-bond acceptors (Lipinski definition) is 5. The molecular formula is C26H19ClFN3O5. The number of nitrogens with zero attached hydrogens (tertiary/aromatic N) is 1. The first kappa shape index (κ1) is 24.6. The number of nitrogens with one attached hydrogen (secondary N) is 2. The normalized spacial score (nSPS) is 14.6. The van der Waals surface area contributed by atoms with Gasteiger partial charge in [-0.15, -0.1) is 0 Å². The van der Waals surface area contributed by atoms with Gasteiger partial charge in [0.1, 0.15) is 17.1 Å². The van der Waals surface area contributed by atoms with Gasteiger partial charge in [-0.3, -0.25) is 19.7 Å². The summed E-state index contributed by atoms with van der Waals surface area (Å²) in [6.45, 7) is 1.45. The lowest BCUT2D eigenvalue weighted by atomic mass is 10.1. The van der Waals surface area contributed by atoms with E-state index in [0.717, 1.165) is 10.5 Å². The second-order valence-corrected chi connectivity index (χ2v) is 8.21. The third-order valence-corrected chi connectivity index (χ3v) is 5.59. The summed E-state index contributed by atoms with van der Waals surface area (Å²) in [6, 6.07) is 15.5. The summed E-state index contributed by atoms with van der Waals surface area (Å²) in [5.41, 5.74) is 1.56. The molecule has 1 aliphatic rings. The van der Waals surface area contributed by atoms with E-state index in [0.29, 0.717) is 22.0 Å². The fourth-order valence-corrected chi connectivity index (χ4v) is 3.53. The zero-order valence-electron chi connectivity index (χ0n) is 18.9. The predicted molar refractivity (Wildman–Crippen MR) is 132 cm³/mol. The molecule has 1 saturated heterocycles. The number of benzene rings is 3. The van der Waals surface area contributed by atoms with Gasteiger partial charge in [0.15, 0.2) is 6.61 Å². The Bertz CT molecular complexity index is 1400. The van der Waals surface area contributed by atoms with Crippen molar-refractivity contribution in [1.29, 1.82) is 0 Å². The van der Waals surface area contributed by atoms with Crippen LogP contribution in [0.4, 0.5) is 20.6 Å². The lowest BCUT2D eigenvalue weighted by Gasteiger charge is -2.26. The molecule has 2 N–H and O–H groups in total. The maximum Gasteiger partial charge on any atom is 0.335 e. The number of anilines is 2. The van der Waals surface area contributed by atoms with Gasteiger partial charge in [0.05, 0.1) is 5.69 Å². The van der Waals surface area contributed by atoms with Crippen LogP contribution in [0.5, 0.6) is 5.75 Å². The molecular weight excluding hydrogens is 489 g/mol. The number of amides is 5. The minimum Gasteiger partial charge on any atom is -0.484 e. The Morgan fingerprint density at radius 2 is 1.83 bits per heavy atom. The van der Waals surface area contributed by atoms with Crippen molar-refractivity contribution in [3.8, 4) is 5.75 Å². The smallest absolute Gasteiger partial charge is 0.335 e. The van der Waals surface area contributed by atoms with Crippen LogP contribution in [-0.2, 0) is 14.4 Å². The fraction of sp³-hybridized carbons (Fsp3) is 0.0769. The van der Waals surface area contributed by atoms with Crippen LogP contribution in [0.25, 0.3) is 6.08 Å². The average molecular weight is 508 g/mol. The van der Waals surface area contributed by atoms with Crippen LogP contribution >= 0.6 is 11.6 Å². The predicted octanol–water partition coefficient (Wildman–Crippen LogP) is 4.47. The molecule has 3 aromatic rings. The Morgan fingerprint density at radius 3 is 2.56 bits per heavy atom. The molecule has 182 valence electrons. The number of carbonyl (C=O) groups excluding carboxylic acids is 4. The molecule has 0 bridgehead atoms. The first-order chi connectivity index (χ1) is 17.2. The molecule has 1 heterocycles. The Balaban J connectivity index is 1.49. The Hall–Kier alpha value is -4.50. The summed E-state index contributed by atoms with van der Waals surface area (Å²) in [6.07, 6.45) is 1.32. The van der Waals surface area contributed by atoms with Crippen LogP contribution in [0, 0.1) is 12.7 Å². The van der Waals surface area contributed by atoms with Gasteiger partial charge in [-0.1, -0.05) is 29.8 Å². The maximum atomic E-state index is 13.1. The van der Waals surface area contributed by atoms with E-state index in [1.807, 2.05) is 0 Å². The van der Waals surface area contributed by atoms with Gasteiger partial charge in [-0.25, -0.2) is 14.1 Å². The summed E-state index contributed by atoms with van der Waals surface area (Å²) in [5, 5.41) is 5.09. The van der Waals surface area contributed by atoms with Crippen LogP contribution in [0.3, 0.4) is 0 Å². The van der Waals surface area contributed by atoms with Gasteiger partial charge in [-0.2, -0.15) is 0 Å². The van der Waals surface area contributed by atoms with Crippen molar-refractivity contribution >= 4 is 52.8 Å². The van der Waals surface area contributed by atoms with Gasteiger partial charge in [0.2, 0.25) is 0 Å². The van der Waals surface area contributed by atoms with Gasteiger partial charge >= 0.3 is 6.03 Å². The van der Waals surface area contributed by atoms with Gasteiger partial charge in [-0.05, 0) is 72.7 Å². The molecule has 4 rings (SSSR count). The standard InChI is InChI=1S/C26H19ClFN3O5/c1-15-5-10-19(13-22(15)27)31-25(34)21(24(33)30-26(31)35)12-16-3-2-4-20(11-16)36-14-23(32)29-18-8-6-17(28)7-9-18/h2-13H,14H2,1H3,(H,29,32)(H,30,33,35)/b21-12+. The Morgan fingerprint density at radius 1 is 1.08 bits per heavy atom. The highest BCUT2D eigenvalue weighted by Gasteiger charge is 2.37. The lowest BCUT2D eigenvalue weighted by molar-refractivity contribution is -0.122. The highest BCUT2D eigenvalue weighted by molar-refractivity contribution is 6.39. The molecule has 0 spiro atoms. The fourth-order valence-electron chi connectivity index (χ4n) is 3.35. The van der Waals surface area contributed by atoms with Crippen LogP contribution in [0.2, 0.25) is 5.02 Å². The van der Waals surface area contributed by atoms with Crippen molar-refractivity contribution in [2.24, 2.45) is 0 Å². The third kappa shape index (κ3) is 5.59. The second-order valence-electron chi connectivity index (χ2n) is 7.81. The number of carbonyl (C=O) groups is 4. The van der Waals surface area contributed by atoms with Crippen LogP contribution < -0.4 is 20.3 Å². The Kier molecular flexibility index (Phi) is 7.12. The van der Waals surface area contributed by atoms with E-state index in [4.69, 9.17) is 16.3 Å². The van der Waals surface area contributed by atoms with Crippen molar-refractivity contribution in [2.45, 2.75) is 6.92 Å². The molecule has 3 aromatic carbocycles. The van der Waals surface area contributed by atoms with Gasteiger partial charge in [0.25, 0.3) is 17.7 Å². The van der Waals surface area contributed by atoms with E-state index >= 15 is 0 Å². The topological polar surface area (TPSA) is 105 Å². The van der Waals surface area contributed by atoms with Crippen molar-refractivity contribution in [3.63, 3.8) is 0 Å². The molecule has 0 atom stereocenters. The number of imide groups is 2. The van der Waals surface area contributed by atoms with E-state index in [1.165, 1.54) is 42.5 Å².